The highest BCUT2D eigenvalue weighted by molar-refractivity contribution is 7.80. The number of ether oxygens (including phenoxy) is 1. The van der Waals surface area contributed by atoms with Gasteiger partial charge in [0.2, 0.25) is 0 Å². The Bertz CT molecular complexity index is 1190. The van der Waals surface area contributed by atoms with Crippen molar-refractivity contribution < 1.29 is 4.74 Å². The molecule has 1 N–H and O–H groups in total. The van der Waals surface area contributed by atoms with Gasteiger partial charge in [0.25, 0.3) is 0 Å². The van der Waals surface area contributed by atoms with Crippen LogP contribution in [0.25, 0.3) is 5.69 Å². The number of pyridine rings is 1. The first-order valence-corrected chi connectivity index (χ1v) is 11.1. The lowest BCUT2D eigenvalue weighted by atomic mass is 10.0. The van der Waals surface area contributed by atoms with Gasteiger partial charge in [-0.3, -0.25) is 4.98 Å². The molecule has 2 atom stereocenters. The van der Waals surface area contributed by atoms with Gasteiger partial charge in [-0.15, -0.1) is 0 Å². The third kappa shape index (κ3) is 3.74. The van der Waals surface area contributed by atoms with Crippen molar-refractivity contribution in [3.63, 3.8) is 0 Å². The van der Waals surface area contributed by atoms with Crippen LogP contribution in [0, 0.1) is 0 Å². The number of para-hydroxylation sites is 1. The van der Waals surface area contributed by atoms with E-state index in [1.165, 1.54) is 0 Å². The number of rotatable bonds is 6. The van der Waals surface area contributed by atoms with Crippen LogP contribution in [0.3, 0.4) is 0 Å². The number of nitrogens with one attached hydrogen (secondary N) is 1. The molecule has 0 bridgehead atoms. The third-order valence-electron chi connectivity index (χ3n) is 5.64. The van der Waals surface area contributed by atoms with Crippen molar-refractivity contribution in [2.45, 2.75) is 19.0 Å². The van der Waals surface area contributed by atoms with Crippen molar-refractivity contribution in [2.75, 3.05) is 11.5 Å². The molecule has 32 heavy (non-hydrogen) atoms. The molecule has 1 saturated heterocycles. The molecule has 1 fully saturated rings. The standard InChI is InChI=1S/C26H24N4OS/c1-2-31-21-15-13-20(14-16-21)30-25(24(28-26(30)32)22-11-6-7-17-27-22)23-12-8-18-29(23)19-9-4-3-5-10-19/h3-18,24-25H,2H2,1H3,(H,28,32)/t24-,25-/m1/s1. The summed E-state index contributed by atoms with van der Waals surface area (Å²) in [6.07, 6.45) is 3.92. The van der Waals surface area contributed by atoms with E-state index in [0.717, 1.165) is 28.5 Å². The maximum Gasteiger partial charge on any atom is 0.174 e. The predicted molar refractivity (Wildman–Crippen MR) is 131 cm³/mol. The van der Waals surface area contributed by atoms with Crippen molar-refractivity contribution in [1.29, 1.82) is 0 Å². The van der Waals surface area contributed by atoms with Gasteiger partial charge in [0.15, 0.2) is 5.11 Å². The SMILES string of the molecule is CCOc1ccc(N2C(=S)N[C@H](c3ccccn3)[C@H]2c2cccn2-c2ccccc2)cc1. The second kappa shape index (κ2) is 8.85. The van der Waals surface area contributed by atoms with E-state index >= 15 is 0 Å². The maximum absolute atomic E-state index is 5.84. The molecule has 2 aromatic carbocycles. The van der Waals surface area contributed by atoms with E-state index in [1.54, 1.807) is 0 Å². The van der Waals surface area contributed by atoms with Crippen LogP contribution in [0.4, 0.5) is 5.69 Å². The predicted octanol–water partition coefficient (Wildman–Crippen LogP) is 5.45. The van der Waals surface area contributed by atoms with E-state index in [1.807, 2.05) is 49.5 Å². The van der Waals surface area contributed by atoms with Gasteiger partial charge in [0.05, 0.1) is 18.3 Å². The summed E-state index contributed by atoms with van der Waals surface area (Å²) in [5.41, 5.74) is 4.20. The molecular weight excluding hydrogens is 416 g/mol. The summed E-state index contributed by atoms with van der Waals surface area (Å²) in [6.45, 7) is 2.62. The minimum Gasteiger partial charge on any atom is -0.494 e. The first-order chi connectivity index (χ1) is 15.8. The molecule has 0 spiro atoms. The summed E-state index contributed by atoms with van der Waals surface area (Å²) in [5, 5.41) is 4.20. The molecule has 3 heterocycles. The highest BCUT2D eigenvalue weighted by Gasteiger charge is 2.42. The van der Waals surface area contributed by atoms with Crippen molar-refractivity contribution in [1.82, 2.24) is 14.9 Å². The Morgan fingerprint density at radius 1 is 0.906 bits per heavy atom. The van der Waals surface area contributed by atoms with Gasteiger partial charge >= 0.3 is 0 Å². The molecule has 1 aliphatic rings. The fraction of sp³-hybridized carbons (Fsp3) is 0.154. The number of hydrogen-bond acceptors (Lipinski definition) is 3. The highest BCUT2D eigenvalue weighted by atomic mass is 32.1. The Hall–Kier alpha value is -3.64. The number of benzene rings is 2. The van der Waals surface area contributed by atoms with Crippen LogP contribution in [-0.4, -0.2) is 21.3 Å². The van der Waals surface area contributed by atoms with Crippen molar-refractivity contribution in [3.05, 3.63) is 109 Å². The molecule has 5 nitrogen and oxygen atoms in total. The Morgan fingerprint density at radius 2 is 1.69 bits per heavy atom. The zero-order chi connectivity index (χ0) is 21.9. The summed E-state index contributed by atoms with van der Waals surface area (Å²) in [4.78, 5) is 6.83. The summed E-state index contributed by atoms with van der Waals surface area (Å²) >= 11 is 5.84. The lowest BCUT2D eigenvalue weighted by Crippen LogP contribution is -2.30. The summed E-state index contributed by atoms with van der Waals surface area (Å²) < 4.78 is 7.86. The van der Waals surface area contributed by atoms with E-state index in [2.05, 4.69) is 74.5 Å². The van der Waals surface area contributed by atoms with E-state index in [0.29, 0.717) is 11.7 Å². The number of aromatic nitrogens is 2. The van der Waals surface area contributed by atoms with E-state index in [4.69, 9.17) is 17.0 Å². The number of thiocarbonyl (C=S) groups is 1. The second-order valence-corrected chi connectivity index (χ2v) is 7.95. The Labute approximate surface area is 193 Å². The van der Waals surface area contributed by atoms with Gasteiger partial charge in [0.1, 0.15) is 11.8 Å². The quantitative estimate of drug-likeness (QED) is 0.404. The van der Waals surface area contributed by atoms with E-state index in [-0.39, 0.29) is 12.1 Å². The van der Waals surface area contributed by atoms with Gasteiger partial charge in [0, 0.05) is 29.5 Å². The van der Waals surface area contributed by atoms with E-state index < -0.39 is 0 Å². The minimum absolute atomic E-state index is 0.0782. The molecule has 2 aromatic heterocycles. The fourth-order valence-corrected chi connectivity index (χ4v) is 4.61. The lowest BCUT2D eigenvalue weighted by molar-refractivity contribution is 0.340. The van der Waals surface area contributed by atoms with Crippen LogP contribution in [0.2, 0.25) is 0 Å². The van der Waals surface area contributed by atoms with Gasteiger partial charge in [-0.05, 0) is 79.8 Å². The molecule has 5 rings (SSSR count). The normalized spacial score (nSPS) is 17.9. The van der Waals surface area contributed by atoms with E-state index in [9.17, 15) is 0 Å². The van der Waals surface area contributed by atoms with Crippen LogP contribution in [-0.2, 0) is 0 Å². The zero-order valence-electron chi connectivity index (χ0n) is 17.8. The topological polar surface area (TPSA) is 42.3 Å². The first kappa shape index (κ1) is 20.3. The highest BCUT2D eigenvalue weighted by Crippen LogP contribution is 2.42. The first-order valence-electron chi connectivity index (χ1n) is 10.7. The smallest absolute Gasteiger partial charge is 0.174 e. The van der Waals surface area contributed by atoms with Crippen LogP contribution in [0.1, 0.15) is 30.4 Å². The zero-order valence-corrected chi connectivity index (χ0v) is 18.6. The molecule has 0 amide bonds. The number of hydrogen-bond donors (Lipinski definition) is 1. The fourth-order valence-electron chi connectivity index (χ4n) is 4.26. The summed E-state index contributed by atoms with van der Waals surface area (Å²) in [7, 11) is 0. The molecule has 0 radical (unpaired) electrons. The third-order valence-corrected chi connectivity index (χ3v) is 5.96. The Kier molecular flexibility index (Phi) is 5.60. The average molecular weight is 441 g/mol. The van der Waals surface area contributed by atoms with Crippen LogP contribution >= 0.6 is 12.2 Å². The molecule has 160 valence electrons. The average Bonchev–Trinajstić information content (AvgIpc) is 3.45. The number of nitrogens with zero attached hydrogens (tertiary/aromatic N) is 3. The van der Waals surface area contributed by atoms with Crippen molar-refractivity contribution >= 4 is 23.0 Å². The van der Waals surface area contributed by atoms with Gasteiger partial charge in [-0.1, -0.05) is 24.3 Å². The molecule has 0 aliphatic carbocycles. The van der Waals surface area contributed by atoms with Crippen molar-refractivity contribution in [2.24, 2.45) is 0 Å². The van der Waals surface area contributed by atoms with Crippen LogP contribution in [0.5, 0.6) is 5.75 Å². The van der Waals surface area contributed by atoms with Gasteiger partial charge < -0.3 is 19.5 Å². The molecular formula is C26H24N4OS. The second-order valence-electron chi connectivity index (χ2n) is 7.56. The van der Waals surface area contributed by atoms with Gasteiger partial charge in [-0.25, -0.2) is 0 Å². The monoisotopic (exact) mass is 440 g/mol. The van der Waals surface area contributed by atoms with Crippen molar-refractivity contribution in [3.8, 4) is 11.4 Å². The maximum atomic E-state index is 5.84. The largest absolute Gasteiger partial charge is 0.494 e. The minimum atomic E-state index is -0.0902. The molecule has 6 heteroatoms. The summed E-state index contributed by atoms with van der Waals surface area (Å²) in [5.74, 6) is 0.847. The summed E-state index contributed by atoms with van der Waals surface area (Å²) in [6, 6.07) is 28.5. The van der Waals surface area contributed by atoms with Gasteiger partial charge in [-0.2, -0.15) is 0 Å². The molecule has 0 unspecified atom stereocenters. The van der Waals surface area contributed by atoms with Crippen LogP contribution < -0.4 is 15.0 Å². The Morgan fingerprint density at radius 3 is 2.41 bits per heavy atom. The number of anilines is 1. The molecule has 0 saturated carbocycles. The lowest BCUT2D eigenvalue weighted by Gasteiger charge is -2.29. The van der Waals surface area contributed by atoms with Crippen LogP contribution in [0.15, 0.2) is 97.3 Å². The Balaban J connectivity index is 1.62. The molecule has 1 aliphatic heterocycles. The molecule has 4 aromatic rings.